The summed E-state index contributed by atoms with van der Waals surface area (Å²) in [5.41, 5.74) is 4.98. The summed E-state index contributed by atoms with van der Waals surface area (Å²) in [6.07, 6.45) is 2.38. The van der Waals surface area contributed by atoms with Crippen LogP contribution in [0.4, 0.5) is 0 Å². The van der Waals surface area contributed by atoms with Crippen molar-refractivity contribution in [2.75, 3.05) is 0 Å². The SMILES string of the molecule is Cc1ccccc1C(=NC1CC1)NN. The molecule has 1 aromatic carbocycles. The molecule has 0 aliphatic heterocycles. The Morgan fingerprint density at radius 2 is 2.14 bits per heavy atom. The monoisotopic (exact) mass is 189 g/mol. The lowest BCUT2D eigenvalue weighted by atomic mass is 10.1. The first-order valence-corrected chi connectivity index (χ1v) is 4.91. The summed E-state index contributed by atoms with van der Waals surface area (Å²) in [5.74, 6) is 6.28. The highest BCUT2D eigenvalue weighted by molar-refractivity contribution is 5.99. The molecule has 0 spiro atoms. The molecule has 0 heterocycles. The Balaban J connectivity index is 2.30. The fourth-order valence-corrected chi connectivity index (χ4v) is 1.41. The minimum Gasteiger partial charge on any atom is -0.308 e. The van der Waals surface area contributed by atoms with Crippen LogP contribution in [-0.2, 0) is 0 Å². The quantitative estimate of drug-likeness (QED) is 0.319. The number of aryl methyl sites for hydroxylation is 1. The predicted octanol–water partition coefficient (Wildman–Crippen LogP) is 1.37. The molecule has 0 aromatic heterocycles. The van der Waals surface area contributed by atoms with Crippen molar-refractivity contribution in [2.45, 2.75) is 25.8 Å². The molecule has 3 heteroatoms. The van der Waals surface area contributed by atoms with Gasteiger partial charge in [0.05, 0.1) is 6.04 Å². The van der Waals surface area contributed by atoms with Crippen LogP contribution in [0.5, 0.6) is 0 Å². The number of benzene rings is 1. The second-order valence-electron chi connectivity index (χ2n) is 3.67. The Labute approximate surface area is 84.0 Å². The number of hydrogen-bond acceptors (Lipinski definition) is 2. The third-order valence-corrected chi connectivity index (χ3v) is 2.40. The number of nitrogens with one attached hydrogen (secondary N) is 1. The standard InChI is InChI=1S/C11H15N3/c1-8-4-2-3-5-10(8)11(14-12)13-9-6-7-9/h2-5,9H,6-7,12H2,1H3,(H,13,14). The molecule has 1 saturated carbocycles. The lowest BCUT2D eigenvalue weighted by Crippen LogP contribution is -2.32. The first-order valence-electron chi connectivity index (χ1n) is 4.91. The lowest BCUT2D eigenvalue weighted by molar-refractivity contribution is 0.969. The topological polar surface area (TPSA) is 50.4 Å². The fourth-order valence-electron chi connectivity index (χ4n) is 1.41. The average Bonchev–Trinajstić information content (AvgIpc) is 2.99. The van der Waals surface area contributed by atoms with Crippen LogP contribution in [-0.4, -0.2) is 11.9 Å². The van der Waals surface area contributed by atoms with Gasteiger partial charge in [0.2, 0.25) is 0 Å². The first-order chi connectivity index (χ1) is 6.81. The van der Waals surface area contributed by atoms with Crippen LogP contribution in [0.25, 0.3) is 0 Å². The van der Waals surface area contributed by atoms with Crippen molar-refractivity contribution < 1.29 is 0 Å². The summed E-state index contributed by atoms with van der Waals surface area (Å²) >= 11 is 0. The molecule has 0 atom stereocenters. The molecule has 1 fully saturated rings. The largest absolute Gasteiger partial charge is 0.308 e. The van der Waals surface area contributed by atoms with E-state index in [0.717, 1.165) is 11.4 Å². The van der Waals surface area contributed by atoms with E-state index in [-0.39, 0.29) is 0 Å². The third-order valence-electron chi connectivity index (χ3n) is 2.40. The maximum atomic E-state index is 5.47. The number of nitrogens with zero attached hydrogens (tertiary/aromatic N) is 1. The molecule has 0 saturated heterocycles. The number of hydrazine groups is 1. The normalized spacial score (nSPS) is 16.9. The highest BCUT2D eigenvalue weighted by atomic mass is 15.3. The van der Waals surface area contributed by atoms with E-state index in [0.29, 0.717) is 6.04 Å². The van der Waals surface area contributed by atoms with E-state index in [9.17, 15) is 0 Å². The molecule has 2 rings (SSSR count). The van der Waals surface area contributed by atoms with Gasteiger partial charge in [-0.15, -0.1) is 0 Å². The van der Waals surface area contributed by atoms with Crippen LogP contribution in [0.1, 0.15) is 24.0 Å². The molecule has 0 unspecified atom stereocenters. The number of rotatable bonds is 2. The Kier molecular flexibility index (Phi) is 2.50. The number of amidine groups is 1. The molecule has 3 nitrogen and oxygen atoms in total. The van der Waals surface area contributed by atoms with Gasteiger partial charge in [0.1, 0.15) is 5.84 Å². The van der Waals surface area contributed by atoms with E-state index in [1.54, 1.807) is 0 Å². The summed E-state index contributed by atoms with van der Waals surface area (Å²) in [5, 5.41) is 0. The Bertz CT molecular complexity index is 353. The lowest BCUT2D eigenvalue weighted by Gasteiger charge is -2.08. The zero-order chi connectivity index (χ0) is 9.97. The van der Waals surface area contributed by atoms with Crippen molar-refractivity contribution in [1.82, 2.24) is 5.43 Å². The van der Waals surface area contributed by atoms with E-state index in [1.165, 1.54) is 18.4 Å². The maximum Gasteiger partial charge on any atom is 0.143 e. The van der Waals surface area contributed by atoms with Crippen LogP contribution in [0.3, 0.4) is 0 Å². The van der Waals surface area contributed by atoms with Gasteiger partial charge in [0, 0.05) is 5.56 Å². The van der Waals surface area contributed by atoms with Crippen molar-refractivity contribution in [3.63, 3.8) is 0 Å². The van der Waals surface area contributed by atoms with Gasteiger partial charge in [-0.1, -0.05) is 24.3 Å². The summed E-state index contributed by atoms with van der Waals surface area (Å²) in [6, 6.07) is 8.61. The molecular formula is C11H15N3. The third kappa shape index (κ3) is 1.93. The van der Waals surface area contributed by atoms with Crippen LogP contribution in [0.2, 0.25) is 0 Å². The molecule has 14 heavy (non-hydrogen) atoms. The molecule has 1 aliphatic rings. The van der Waals surface area contributed by atoms with Gasteiger partial charge in [-0.3, -0.25) is 4.99 Å². The molecular weight excluding hydrogens is 174 g/mol. The molecule has 3 N–H and O–H groups in total. The number of aliphatic imine (C=N–C) groups is 1. The summed E-state index contributed by atoms with van der Waals surface area (Å²) in [4.78, 5) is 4.52. The fraction of sp³-hybridized carbons (Fsp3) is 0.364. The summed E-state index contributed by atoms with van der Waals surface area (Å²) < 4.78 is 0. The highest BCUT2D eigenvalue weighted by Gasteiger charge is 2.21. The van der Waals surface area contributed by atoms with E-state index < -0.39 is 0 Å². The Morgan fingerprint density at radius 3 is 2.71 bits per heavy atom. The van der Waals surface area contributed by atoms with Crippen molar-refractivity contribution in [3.8, 4) is 0 Å². The zero-order valence-electron chi connectivity index (χ0n) is 8.33. The van der Waals surface area contributed by atoms with Crippen LogP contribution >= 0.6 is 0 Å². The van der Waals surface area contributed by atoms with Crippen LogP contribution in [0.15, 0.2) is 29.3 Å². The average molecular weight is 189 g/mol. The van der Waals surface area contributed by atoms with Crippen molar-refractivity contribution in [1.29, 1.82) is 0 Å². The molecule has 0 radical (unpaired) electrons. The van der Waals surface area contributed by atoms with Crippen LogP contribution < -0.4 is 11.3 Å². The van der Waals surface area contributed by atoms with Crippen molar-refractivity contribution in [3.05, 3.63) is 35.4 Å². The second kappa shape index (κ2) is 3.80. The highest BCUT2D eigenvalue weighted by Crippen LogP contribution is 2.24. The number of nitrogens with two attached hydrogens (primary N) is 1. The predicted molar refractivity (Wildman–Crippen MR) is 58.1 cm³/mol. The Hall–Kier alpha value is -1.35. The van der Waals surface area contributed by atoms with Gasteiger partial charge in [0.15, 0.2) is 0 Å². The molecule has 0 amide bonds. The minimum absolute atomic E-state index is 0.487. The zero-order valence-corrected chi connectivity index (χ0v) is 8.33. The van der Waals surface area contributed by atoms with E-state index >= 15 is 0 Å². The minimum atomic E-state index is 0.487. The first kappa shape index (κ1) is 9.21. The van der Waals surface area contributed by atoms with Gasteiger partial charge in [0.25, 0.3) is 0 Å². The molecule has 1 aliphatic carbocycles. The van der Waals surface area contributed by atoms with E-state index in [4.69, 9.17) is 5.84 Å². The Morgan fingerprint density at radius 1 is 1.43 bits per heavy atom. The molecule has 74 valence electrons. The summed E-state index contributed by atoms with van der Waals surface area (Å²) in [6.45, 7) is 2.06. The van der Waals surface area contributed by atoms with Gasteiger partial charge in [-0.05, 0) is 25.3 Å². The number of hydrogen-bond donors (Lipinski definition) is 2. The van der Waals surface area contributed by atoms with Gasteiger partial charge >= 0.3 is 0 Å². The molecule has 1 aromatic rings. The summed E-state index contributed by atoms with van der Waals surface area (Å²) in [7, 11) is 0. The van der Waals surface area contributed by atoms with E-state index in [1.807, 2.05) is 18.2 Å². The second-order valence-corrected chi connectivity index (χ2v) is 3.67. The van der Waals surface area contributed by atoms with Gasteiger partial charge < -0.3 is 5.43 Å². The van der Waals surface area contributed by atoms with Crippen LogP contribution in [0, 0.1) is 6.92 Å². The smallest absolute Gasteiger partial charge is 0.143 e. The van der Waals surface area contributed by atoms with Crippen molar-refractivity contribution >= 4 is 5.84 Å². The molecule has 0 bridgehead atoms. The van der Waals surface area contributed by atoms with Crippen molar-refractivity contribution in [2.24, 2.45) is 10.8 Å². The van der Waals surface area contributed by atoms with Gasteiger partial charge in [-0.2, -0.15) is 0 Å². The maximum absolute atomic E-state index is 5.47. The van der Waals surface area contributed by atoms with E-state index in [2.05, 4.69) is 23.4 Å². The van der Waals surface area contributed by atoms with Gasteiger partial charge in [-0.25, -0.2) is 5.84 Å².